The first kappa shape index (κ1) is 20.0. The van der Waals surface area contributed by atoms with E-state index < -0.39 is 16.9 Å². The largest absolute Gasteiger partial charge is 0.484 e. The van der Waals surface area contributed by atoms with E-state index in [0.717, 1.165) is 40.8 Å². The number of carbonyl (C=O) groups excluding carboxylic acids is 1. The number of benzene rings is 2. The van der Waals surface area contributed by atoms with Gasteiger partial charge in [0.25, 0.3) is 11.1 Å². The number of nitrogens with zero attached hydrogens (tertiary/aromatic N) is 2. The van der Waals surface area contributed by atoms with Crippen molar-refractivity contribution in [2.75, 3.05) is 0 Å². The zero-order chi connectivity index (χ0) is 20.3. The number of hydrogen-bond donors (Lipinski definition) is 0. The standard InChI is InChI=1S/C20H18F2N2O3S/c1-11-4-5-12(2)17(8-11)26-10-18-23-24-20(27-18)28-13(3)19(25)14-6-7-15(21)16(22)9-14/h4-9,13H,10H2,1-3H3. The molecule has 2 aromatic carbocycles. The number of rotatable bonds is 7. The summed E-state index contributed by atoms with van der Waals surface area (Å²) in [6.07, 6.45) is 0. The van der Waals surface area contributed by atoms with E-state index in [2.05, 4.69) is 10.2 Å². The molecule has 3 aromatic rings. The van der Waals surface area contributed by atoms with Gasteiger partial charge in [-0.15, -0.1) is 10.2 Å². The normalized spacial score (nSPS) is 12.0. The highest BCUT2D eigenvalue weighted by Crippen LogP contribution is 2.26. The summed E-state index contributed by atoms with van der Waals surface area (Å²) in [5.41, 5.74) is 2.15. The van der Waals surface area contributed by atoms with E-state index in [-0.39, 0.29) is 29.1 Å². The fourth-order valence-electron chi connectivity index (χ4n) is 2.44. The van der Waals surface area contributed by atoms with E-state index >= 15 is 0 Å². The Bertz CT molecular complexity index is 1010. The predicted octanol–water partition coefficient (Wildman–Crippen LogP) is 4.91. The SMILES string of the molecule is Cc1ccc(C)c(OCc2nnc(SC(C)C(=O)c3ccc(F)c(F)c3)o2)c1. The van der Waals surface area contributed by atoms with Gasteiger partial charge < -0.3 is 9.15 Å². The Hall–Kier alpha value is -2.74. The van der Waals surface area contributed by atoms with Crippen LogP contribution in [0, 0.1) is 25.5 Å². The van der Waals surface area contributed by atoms with E-state index in [1.54, 1.807) is 6.92 Å². The van der Waals surface area contributed by atoms with Crippen molar-refractivity contribution in [2.24, 2.45) is 0 Å². The van der Waals surface area contributed by atoms with E-state index in [0.29, 0.717) is 0 Å². The summed E-state index contributed by atoms with van der Waals surface area (Å²) in [5, 5.41) is 7.39. The Kier molecular flexibility index (Phi) is 6.08. The Morgan fingerprint density at radius 2 is 1.93 bits per heavy atom. The van der Waals surface area contributed by atoms with Crippen molar-refractivity contribution < 1.29 is 22.7 Å². The molecule has 0 bridgehead atoms. The van der Waals surface area contributed by atoms with Gasteiger partial charge in [0, 0.05) is 5.56 Å². The number of ether oxygens (including phenoxy) is 1. The highest BCUT2D eigenvalue weighted by atomic mass is 32.2. The number of aromatic nitrogens is 2. The highest BCUT2D eigenvalue weighted by Gasteiger charge is 2.21. The average molecular weight is 404 g/mol. The van der Waals surface area contributed by atoms with Crippen LogP contribution in [0.15, 0.2) is 46.0 Å². The Balaban J connectivity index is 1.61. The lowest BCUT2D eigenvalue weighted by molar-refractivity contribution is 0.0993. The summed E-state index contributed by atoms with van der Waals surface area (Å²) < 4.78 is 37.6. The molecular formula is C20H18F2N2O3S. The fourth-order valence-corrected chi connectivity index (χ4v) is 3.21. The van der Waals surface area contributed by atoms with Crippen molar-refractivity contribution in [3.05, 3.63) is 70.6 Å². The molecule has 1 heterocycles. The summed E-state index contributed by atoms with van der Waals surface area (Å²) >= 11 is 1.04. The molecule has 0 aliphatic heterocycles. The van der Waals surface area contributed by atoms with E-state index in [4.69, 9.17) is 9.15 Å². The molecule has 3 rings (SSSR count). The summed E-state index contributed by atoms with van der Waals surface area (Å²) in [6, 6.07) is 8.93. The van der Waals surface area contributed by atoms with Gasteiger partial charge in [0.2, 0.25) is 0 Å². The lowest BCUT2D eigenvalue weighted by Crippen LogP contribution is -2.14. The zero-order valence-electron chi connectivity index (χ0n) is 15.5. The van der Waals surface area contributed by atoms with Crippen LogP contribution in [0.3, 0.4) is 0 Å². The molecule has 0 fully saturated rings. The van der Waals surface area contributed by atoms with Crippen LogP contribution in [0.25, 0.3) is 0 Å². The minimum Gasteiger partial charge on any atom is -0.484 e. The number of halogens is 2. The maximum atomic E-state index is 13.3. The minimum absolute atomic E-state index is 0.0805. The average Bonchev–Trinajstić information content (AvgIpc) is 3.11. The predicted molar refractivity (Wildman–Crippen MR) is 101 cm³/mol. The molecule has 0 saturated carbocycles. The van der Waals surface area contributed by atoms with Crippen LogP contribution in [0.5, 0.6) is 5.75 Å². The van der Waals surface area contributed by atoms with E-state index in [1.165, 1.54) is 6.07 Å². The Morgan fingerprint density at radius 3 is 2.68 bits per heavy atom. The number of aryl methyl sites for hydroxylation is 2. The quantitative estimate of drug-likeness (QED) is 0.412. The molecule has 0 saturated heterocycles. The molecule has 0 aliphatic rings. The van der Waals surface area contributed by atoms with Crippen molar-refractivity contribution in [2.45, 2.75) is 37.9 Å². The molecule has 0 spiro atoms. The second-order valence-corrected chi connectivity index (χ2v) is 7.56. The first-order valence-electron chi connectivity index (χ1n) is 8.52. The van der Waals surface area contributed by atoms with Gasteiger partial charge in [0.05, 0.1) is 5.25 Å². The summed E-state index contributed by atoms with van der Waals surface area (Å²) in [5.74, 6) is -1.42. The number of carbonyl (C=O) groups is 1. The van der Waals surface area contributed by atoms with Gasteiger partial charge in [-0.05, 0) is 56.2 Å². The first-order valence-corrected chi connectivity index (χ1v) is 9.40. The first-order chi connectivity index (χ1) is 13.3. The van der Waals surface area contributed by atoms with Crippen molar-refractivity contribution in [3.63, 3.8) is 0 Å². The third-order valence-corrected chi connectivity index (χ3v) is 4.93. The number of thioether (sulfide) groups is 1. The van der Waals surface area contributed by atoms with Crippen molar-refractivity contribution >= 4 is 17.5 Å². The molecule has 1 unspecified atom stereocenters. The van der Waals surface area contributed by atoms with Gasteiger partial charge >= 0.3 is 0 Å². The van der Waals surface area contributed by atoms with Crippen LogP contribution in [-0.4, -0.2) is 21.2 Å². The lowest BCUT2D eigenvalue weighted by atomic mass is 10.1. The summed E-state index contributed by atoms with van der Waals surface area (Å²) in [6.45, 7) is 5.64. The Morgan fingerprint density at radius 1 is 1.14 bits per heavy atom. The van der Waals surface area contributed by atoms with Crippen LogP contribution in [0.1, 0.15) is 34.3 Å². The van der Waals surface area contributed by atoms with Crippen molar-refractivity contribution in [1.29, 1.82) is 0 Å². The van der Waals surface area contributed by atoms with E-state index in [9.17, 15) is 13.6 Å². The van der Waals surface area contributed by atoms with Gasteiger partial charge in [0.1, 0.15) is 5.75 Å². The van der Waals surface area contributed by atoms with Gasteiger partial charge in [-0.25, -0.2) is 8.78 Å². The molecule has 0 aliphatic carbocycles. The molecule has 0 N–H and O–H groups in total. The van der Waals surface area contributed by atoms with Gasteiger partial charge in [0.15, 0.2) is 24.0 Å². The van der Waals surface area contributed by atoms with Gasteiger partial charge in [-0.1, -0.05) is 23.9 Å². The molecular weight excluding hydrogens is 386 g/mol. The fraction of sp³-hybridized carbons (Fsp3) is 0.250. The summed E-state index contributed by atoms with van der Waals surface area (Å²) in [4.78, 5) is 12.4. The Labute approximate surface area is 165 Å². The molecule has 1 atom stereocenters. The third-order valence-electron chi connectivity index (χ3n) is 3.99. The highest BCUT2D eigenvalue weighted by molar-refractivity contribution is 8.00. The van der Waals surface area contributed by atoms with Crippen molar-refractivity contribution in [1.82, 2.24) is 10.2 Å². The third kappa shape index (κ3) is 4.75. The number of ketones is 1. The van der Waals surface area contributed by atoms with Crippen molar-refractivity contribution in [3.8, 4) is 5.75 Å². The second kappa shape index (κ2) is 8.52. The zero-order valence-corrected chi connectivity index (χ0v) is 16.3. The van der Waals surface area contributed by atoms with Crippen LogP contribution in [-0.2, 0) is 6.61 Å². The minimum atomic E-state index is -1.06. The molecule has 8 heteroatoms. The molecule has 28 heavy (non-hydrogen) atoms. The topological polar surface area (TPSA) is 65.2 Å². The second-order valence-electron chi connectivity index (χ2n) is 6.27. The van der Waals surface area contributed by atoms with E-state index in [1.807, 2.05) is 32.0 Å². The van der Waals surface area contributed by atoms with Crippen LogP contribution in [0.2, 0.25) is 0 Å². The molecule has 0 amide bonds. The lowest BCUT2D eigenvalue weighted by Gasteiger charge is -2.08. The van der Waals surface area contributed by atoms with Crippen LogP contribution >= 0.6 is 11.8 Å². The number of Topliss-reactive ketones (excluding diaryl/α,β-unsaturated/α-hetero) is 1. The molecule has 5 nitrogen and oxygen atoms in total. The molecule has 1 aromatic heterocycles. The van der Waals surface area contributed by atoms with Gasteiger partial charge in [-0.3, -0.25) is 4.79 Å². The molecule has 146 valence electrons. The van der Waals surface area contributed by atoms with Crippen LogP contribution < -0.4 is 4.74 Å². The molecule has 0 radical (unpaired) electrons. The smallest absolute Gasteiger partial charge is 0.277 e. The maximum absolute atomic E-state index is 13.3. The van der Waals surface area contributed by atoms with Crippen LogP contribution in [0.4, 0.5) is 8.78 Å². The van der Waals surface area contributed by atoms with Gasteiger partial charge in [-0.2, -0.15) is 0 Å². The summed E-state index contributed by atoms with van der Waals surface area (Å²) in [7, 11) is 0. The monoisotopic (exact) mass is 404 g/mol. The maximum Gasteiger partial charge on any atom is 0.277 e. The number of hydrogen-bond acceptors (Lipinski definition) is 6.